The highest BCUT2D eigenvalue weighted by atomic mass is 79.9. The molecule has 31 heavy (non-hydrogen) atoms. The van der Waals surface area contributed by atoms with Gasteiger partial charge in [-0.1, -0.05) is 13.0 Å². The Hall–Kier alpha value is -2.79. The van der Waals surface area contributed by atoms with Gasteiger partial charge in [0.1, 0.15) is 5.82 Å². The van der Waals surface area contributed by atoms with Crippen LogP contribution in [0.25, 0.3) is 0 Å². The summed E-state index contributed by atoms with van der Waals surface area (Å²) in [6.45, 7) is 6.84. The van der Waals surface area contributed by atoms with Crippen molar-refractivity contribution < 1.29 is 14.3 Å². The Balaban J connectivity index is 1.51. The number of ether oxygens (including phenoxy) is 2. The van der Waals surface area contributed by atoms with Crippen LogP contribution in [-0.4, -0.2) is 37.2 Å². The lowest BCUT2D eigenvalue weighted by atomic mass is 9.99. The molecule has 2 heterocycles. The van der Waals surface area contributed by atoms with Gasteiger partial charge in [0, 0.05) is 31.9 Å². The second-order valence-electron chi connectivity index (χ2n) is 7.59. The highest BCUT2D eigenvalue weighted by molar-refractivity contribution is 9.10. The van der Waals surface area contributed by atoms with E-state index in [1.807, 2.05) is 19.1 Å². The van der Waals surface area contributed by atoms with Crippen molar-refractivity contribution in [2.24, 2.45) is 5.92 Å². The molecule has 0 bridgehead atoms. The van der Waals surface area contributed by atoms with E-state index in [1.165, 1.54) is 12.8 Å². The zero-order valence-corrected chi connectivity index (χ0v) is 19.4. The van der Waals surface area contributed by atoms with Crippen LogP contribution in [0, 0.1) is 17.2 Å². The SMILES string of the molecule is CCOc1cc(C#N)cc(Br)c1OCC(=O)NCc1ccc(N2CCC(C)CC2)nc1. The Morgan fingerprint density at radius 2 is 2.10 bits per heavy atom. The average Bonchev–Trinajstić information content (AvgIpc) is 2.78. The lowest BCUT2D eigenvalue weighted by Gasteiger charge is -2.31. The van der Waals surface area contributed by atoms with Crippen molar-refractivity contribution >= 4 is 27.7 Å². The molecule has 1 fully saturated rings. The summed E-state index contributed by atoms with van der Waals surface area (Å²) in [7, 11) is 0. The Morgan fingerprint density at radius 3 is 2.74 bits per heavy atom. The first-order chi connectivity index (χ1) is 15.0. The Bertz CT molecular complexity index is 935. The number of hydrogen-bond acceptors (Lipinski definition) is 6. The highest BCUT2D eigenvalue weighted by Gasteiger charge is 2.17. The van der Waals surface area contributed by atoms with Crippen LogP contribution in [0.4, 0.5) is 5.82 Å². The first kappa shape index (κ1) is 22.9. The molecule has 2 aromatic rings. The van der Waals surface area contributed by atoms with Gasteiger partial charge in [0.2, 0.25) is 0 Å². The van der Waals surface area contributed by atoms with Crippen LogP contribution in [0.1, 0.15) is 37.8 Å². The van der Waals surface area contributed by atoms with Crippen molar-refractivity contribution in [1.29, 1.82) is 5.26 Å². The second kappa shape index (κ2) is 11.0. The van der Waals surface area contributed by atoms with E-state index in [4.69, 9.17) is 14.7 Å². The van der Waals surface area contributed by atoms with Crippen LogP contribution >= 0.6 is 15.9 Å². The van der Waals surface area contributed by atoms with Crippen molar-refractivity contribution in [3.8, 4) is 17.6 Å². The van der Waals surface area contributed by atoms with Gasteiger partial charge in [0.25, 0.3) is 5.91 Å². The van der Waals surface area contributed by atoms with Gasteiger partial charge in [-0.3, -0.25) is 4.79 Å². The normalized spacial score (nSPS) is 14.1. The van der Waals surface area contributed by atoms with Gasteiger partial charge in [-0.25, -0.2) is 4.98 Å². The fourth-order valence-corrected chi connectivity index (χ4v) is 3.93. The average molecular weight is 487 g/mol. The minimum atomic E-state index is -0.257. The van der Waals surface area contributed by atoms with E-state index in [-0.39, 0.29) is 12.5 Å². The van der Waals surface area contributed by atoms with Crippen molar-refractivity contribution in [2.45, 2.75) is 33.2 Å². The molecule has 164 valence electrons. The van der Waals surface area contributed by atoms with E-state index in [0.717, 1.165) is 30.4 Å². The summed E-state index contributed by atoms with van der Waals surface area (Å²) in [5.41, 5.74) is 1.37. The number of carbonyl (C=O) groups is 1. The Morgan fingerprint density at radius 1 is 1.32 bits per heavy atom. The number of pyridine rings is 1. The van der Waals surface area contributed by atoms with Crippen LogP contribution < -0.4 is 19.7 Å². The number of amides is 1. The zero-order chi connectivity index (χ0) is 22.2. The maximum atomic E-state index is 12.3. The second-order valence-corrected chi connectivity index (χ2v) is 8.44. The van der Waals surface area contributed by atoms with Crippen LogP contribution in [0.15, 0.2) is 34.9 Å². The number of nitrogens with zero attached hydrogens (tertiary/aromatic N) is 3. The largest absolute Gasteiger partial charge is 0.490 e. The number of hydrogen-bond donors (Lipinski definition) is 1. The summed E-state index contributed by atoms with van der Waals surface area (Å²) >= 11 is 3.38. The van der Waals surface area contributed by atoms with Crippen molar-refractivity contribution in [3.63, 3.8) is 0 Å². The molecule has 3 rings (SSSR count). The highest BCUT2D eigenvalue weighted by Crippen LogP contribution is 2.36. The molecule has 0 aliphatic carbocycles. The first-order valence-corrected chi connectivity index (χ1v) is 11.2. The van der Waals surface area contributed by atoms with Crippen LogP contribution in [0.2, 0.25) is 0 Å². The lowest BCUT2D eigenvalue weighted by molar-refractivity contribution is -0.123. The van der Waals surface area contributed by atoms with Crippen LogP contribution in [-0.2, 0) is 11.3 Å². The molecule has 0 atom stereocenters. The van der Waals surface area contributed by atoms with E-state index in [1.54, 1.807) is 18.3 Å². The van der Waals surface area contributed by atoms with E-state index in [0.29, 0.717) is 34.7 Å². The molecule has 1 aromatic carbocycles. The molecule has 0 spiro atoms. The molecule has 0 radical (unpaired) electrons. The first-order valence-electron chi connectivity index (χ1n) is 10.5. The number of benzene rings is 1. The van der Waals surface area contributed by atoms with Gasteiger partial charge in [-0.15, -0.1) is 0 Å². The summed E-state index contributed by atoms with van der Waals surface area (Å²) in [4.78, 5) is 19.1. The molecular weight excluding hydrogens is 460 g/mol. The van der Waals surface area contributed by atoms with E-state index >= 15 is 0 Å². The standard InChI is InChI=1S/C23H27BrN4O3/c1-3-30-20-11-18(12-25)10-19(24)23(20)31-15-22(29)27-14-17-4-5-21(26-13-17)28-8-6-16(2)7-9-28/h4-5,10-11,13,16H,3,6-9,14-15H2,1-2H3,(H,27,29). The third-order valence-electron chi connectivity index (χ3n) is 5.19. The molecule has 8 heteroatoms. The monoisotopic (exact) mass is 486 g/mol. The minimum absolute atomic E-state index is 0.165. The third-order valence-corrected chi connectivity index (χ3v) is 5.78. The third kappa shape index (κ3) is 6.34. The Kier molecular flexibility index (Phi) is 8.13. The van der Waals surface area contributed by atoms with Gasteiger partial charge in [0.05, 0.1) is 22.7 Å². The predicted octanol–water partition coefficient (Wildman–Crippen LogP) is 4.05. The number of nitriles is 1. The van der Waals surface area contributed by atoms with Gasteiger partial charge >= 0.3 is 0 Å². The number of nitrogens with one attached hydrogen (secondary N) is 1. The van der Waals surface area contributed by atoms with Gasteiger partial charge in [0.15, 0.2) is 18.1 Å². The van der Waals surface area contributed by atoms with E-state index in [2.05, 4.69) is 44.1 Å². The summed E-state index contributed by atoms with van der Waals surface area (Å²) in [5, 5.41) is 11.9. The van der Waals surface area contributed by atoms with Crippen molar-refractivity contribution in [3.05, 3.63) is 46.1 Å². The number of piperidine rings is 1. The number of halogens is 1. The van der Waals surface area contributed by atoms with Crippen LogP contribution in [0.3, 0.4) is 0 Å². The topological polar surface area (TPSA) is 87.5 Å². The maximum absolute atomic E-state index is 12.3. The van der Waals surface area contributed by atoms with Gasteiger partial charge < -0.3 is 19.7 Å². The van der Waals surface area contributed by atoms with E-state index in [9.17, 15) is 4.79 Å². The summed E-state index contributed by atoms with van der Waals surface area (Å²) in [5.74, 6) is 2.33. The number of anilines is 1. The molecule has 1 aliphatic heterocycles. The molecule has 1 amide bonds. The molecule has 1 aliphatic rings. The van der Waals surface area contributed by atoms with Crippen molar-refractivity contribution in [2.75, 3.05) is 31.2 Å². The smallest absolute Gasteiger partial charge is 0.258 e. The predicted molar refractivity (Wildman–Crippen MR) is 122 cm³/mol. The molecule has 1 N–H and O–H groups in total. The Labute approximate surface area is 191 Å². The zero-order valence-electron chi connectivity index (χ0n) is 17.9. The molecule has 0 unspecified atom stereocenters. The summed E-state index contributed by atoms with van der Waals surface area (Å²) < 4.78 is 11.8. The number of rotatable bonds is 8. The van der Waals surface area contributed by atoms with Crippen LogP contribution in [0.5, 0.6) is 11.5 Å². The summed E-state index contributed by atoms with van der Waals surface area (Å²) in [6, 6.07) is 9.30. The molecular formula is C23H27BrN4O3. The fraction of sp³-hybridized carbons (Fsp3) is 0.435. The molecule has 1 aromatic heterocycles. The van der Waals surface area contributed by atoms with E-state index < -0.39 is 0 Å². The minimum Gasteiger partial charge on any atom is -0.490 e. The maximum Gasteiger partial charge on any atom is 0.258 e. The van der Waals surface area contributed by atoms with Gasteiger partial charge in [-0.2, -0.15) is 5.26 Å². The quantitative estimate of drug-likeness (QED) is 0.605. The fourth-order valence-electron chi connectivity index (χ4n) is 3.37. The van der Waals surface area contributed by atoms with Crippen molar-refractivity contribution in [1.82, 2.24) is 10.3 Å². The molecule has 7 nitrogen and oxygen atoms in total. The molecule has 0 saturated carbocycles. The van der Waals surface area contributed by atoms with Gasteiger partial charge in [-0.05, 0) is 59.3 Å². The summed E-state index contributed by atoms with van der Waals surface area (Å²) in [6.07, 6.45) is 4.19. The lowest BCUT2D eigenvalue weighted by Crippen LogP contribution is -2.33. The molecule has 1 saturated heterocycles. The number of carbonyl (C=O) groups excluding carboxylic acids is 1. The number of aromatic nitrogens is 1.